The van der Waals surface area contributed by atoms with Crippen LogP contribution in [0.4, 0.5) is 0 Å². The predicted molar refractivity (Wildman–Crippen MR) is 98.6 cm³/mol. The summed E-state index contributed by atoms with van der Waals surface area (Å²) in [6, 6.07) is 20.5. The highest BCUT2D eigenvalue weighted by atomic mass is 16.2. The van der Waals surface area contributed by atoms with Gasteiger partial charge in [0.2, 0.25) is 5.91 Å². The summed E-state index contributed by atoms with van der Waals surface area (Å²) in [5, 5.41) is 0. The summed E-state index contributed by atoms with van der Waals surface area (Å²) < 4.78 is 0. The molecule has 1 amide bonds. The summed E-state index contributed by atoms with van der Waals surface area (Å²) in [5.41, 5.74) is 2.30. The standard InChI is InChI=1S/C22H25NO/c1-18-11-5-4-10-16-23(17-19-12-6-2-7-13-19)22(24)21(18)20-14-8-3-9-15-20/h2-3,5-9,11-15,18,21H,4,10,16-17H2,1H3/b11-5+/t18-,21+/m0/s1. The molecule has 24 heavy (non-hydrogen) atoms. The van der Waals surface area contributed by atoms with Crippen LogP contribution in [0.3, 0.4) is 0 Å². The van der Waals surface area contributed by atoms with Crippen LogP contribution in [-0.2, 0) is 11.3 Å². The highest BCUT2D eigenvalue weighted by molar-refractivity contribution is 5.84. The van der Waals surface area contributed by atoms with Gasteiger partial charge < -0.3 is 4.90 Å². The molecular formula is C22H25NO. The Morgan fingerprint density at radius 1 is 1.00 bits per heavy atom. The maximum Gasteiger partial charge on any atom is 0.231 e. The van der Waals surface area contributed by atoms with E-state index in [2.05, 4.69) is 43.3 Å². The Hall–Kier alpha value is -2.35. The molecule has 2 nitrogen and oxygen atoms in total. The Labute approximate surface area is 144 Å². The number of nitrogens with zero attached hydrogens (tertiary/aromatic N) is 1. The summed E-state index contributed by atoms with van der Waals surface area (Å²) >= 11 is 0. The Morgan fingerprint density at radius 2 is 1.67 bits per heavy atom. The number of rotatable bonds is 3. The van der Waals surface area contributed by atoms with Crippen LogP contribution in [0.15, 0.2) is 72.8 Å². The molecule has 0 bridgehead atoms. The first-order valence-electron chi connectivity index (χ1n) is 8.80. The van der Waals surface area contributed by atoms with Crippen LogP contribution in [-0.4, -0.2) is 17.4 Å². The van der Waals surface area contributed by atoms with Crippen LogP contribution < -0.4 is 0 Å². The van der Waals surface area contributed by atoms with E-state index < -0.39 is 0 Å². The van der Waals surface area contributed by atoms with Crippen LogP contribution >= 0.6 is 0 Å². The average molecular weight is 319 g/mol. The average Bonchev–Trinajstić information content (AvgIpc) is 2.68. The zero-order valence-corrected chi connectivity index (χ0v) is 14.3. The van der Waals surface area contributed by atoms with Gasteiger partial charge in [0.1, 0.15) is 0 Å². The Kier molecular flexibility index (Phi) is 5.47. The lowest BCUT2D eigenvalue weighted by molar-refractivity contribution is -0.134. The monoisotopic (exact) mass is 319 g/mol. The highest BCUT2D eigenvalue weighted by Crippen LogP contribution is 2.30. The Bertz CT molecular complexity index is 678. The third-order valence-corrected chi connectivity index (χ3v) is 4.72. The predicted octanol–water partition coefficient (Wildman–Crippen LogP) is 4.79. The van der Waals surface area contributed by atoms with E-state index in [9.17, 15) is 4.79 Å². The fourth-order valence-corrected chi connectivity index (χ4v) is 3.42. The zero-order valence-electron chi connectivity index (χ0n) is 14.3. The molecule has 124 valence electrons. The molecule has 1 heterocycles. The van der Waals surface area contributed by atoms with Crippen molar-refractivity contribution in [3.63, 3.8) is 0 Å². The minimum absolute atomic E-state index is 0.107. The van der Waals surface area contributed by atoms with E-state index in [4.69, 9.17) is 0 Å². The van der Waals surface area contributed by atoms with E-state index in [1.165, 1.54) is 5.56 Å². The van der Waals surface area contributed by atoms with Gasteiger partial charge in [0.05, 0.1) is 5.92 Å². The summed E-state index contributed by atoms with van der Waals surface area (Å²) in [5.74, 6) is 0.338. The van der Waals surface area contributed by atoms with Gasteiger partial charge in [0.25, 0.3) is 0 Å². The lowest BCUT2D eigenvalue weighted by Crippen LogP contribution is -2.37. The number of amides is 1. The molecule has 3 rings (SSSR count). The molecule has 0 fully saturated rings. The third-order valence-electron chi connectivity index (χ3n) is 4.72. The number of hydrogen-bond acceptors (Lipinski definition) is 1. The molecule has 2 heteroatoms. The molecule has 1 aliphatic heterocycles. The van der Waals surface area contributed by atoms with Crippen LogP contribution in [0.25, 0.3) is 0 Å². The van der Waals surface area contributed by atoms with Crippen molar-refractivity contribution in [2.24, 2.45) is 5.92 Å². The second kappa shape index (κ2) is 7.96. The molecular weight excluding hydrogens is 294 g/mol. The van der Waals surface area contributed by atoms with E-state index in [0.29, 0.717) is 6.54 Å². The van der Waals surface area contributed by atoms with Gasteiger partial charge in [0.15, 0.2) is 0 Å². The van der Waals surface area contributed by atoms with Gasteiger partial charge in [-0.05, 0) is 29.9 Å². The molecule has 0 spiro atoms. The first kappa shape index (κ1) is 16.5. The quantitative estimate of drug-likeness (QED) is 0.745. The van der Waals surface area contributed by atoms with E-state index in [1.807, 2.05) is 41.3 Å². The fourth-order valence-electron chi connectivity index (χ4n) is 3.42. The van der Waals surface area contributed by atoms with Crippen molar-refractivity contribution in [2.75, 3.05) is 6.54 Å². The summed E-state index contributed by atoms with van der Waals surface area (Å²) in [6.45, 7) is 3.65. The van der Waals surface area contributed by atoms with Crippen molar-refractivity contribution in [1.29, 1.82) is 0 Å². The molecule has 0 N–H and O–H groups in total. The maximum absolute atomic E-state index is 13.4. The van der Waals surface area contributed by atoms with Crippen LogP contribution in [0.2, 0.25) is 0 Å². The number of carbonyl (C=O) groups is 1. The van der Waals surface area contributed by atoms with Gasteiger partial charge in [-0.3, -0.25) is 4.79 Å². The zero-order chi connectivity index (χ0) is 16.8. The molecule has 2 atom stereocenters. The van der Waals surface area contributed by atoms with Gasteiger partial charge >= 0.3 is 0 Å². The van der Waals surface area contributed by atoms with Gasteiger partial charge in [0, 0.05) is 13.1 Å². The molecule has 0 aliphatic carbocycles. The molecule has 1 aliphatic rings. The molecule has 2 aromatic carbocycles. The van der Waals surface area contributed by atoms with Gasteiger partial charge in [-0.2, -0.15) is 0 Å². The largest absolute Gasteiger partial charge is 0.338 e. The molecule has 0 saturated heterocycles. The third kappa shape index (κ3) is 3.94. The Morgan fingerprint density at radius 3 is 2.38 bits per heavy atom. The van der Waals surface area contributed by atoms with Crippen molar-refractivity contribution in [1.82, 2.24) is 4.90 Å². The number of hydrogen-bond donors (Lipinski definition) is 0. The van der Waals surface area contributed by atoms with Gasteiger partial charge in [-0.1, -0.05) is 79.7 Å². The lowest BCUT2D eigenvalue weighted by Gasteiger charge is -2.29. The van der Waals surface area contributed by atoms with Gasteiger partial charge in [-0.25, -0.2) is 0 Å². The van der Waals surface area contributed by atoms with Crippen molar-refractivity contribution in [3.8, 4) is 0 Å². The second-order valence-electron chi connectivity index (χ2n) is 6.56. The normalized spacial score (nSPS) is 23.2. The molecule has 0 unspecified atom stereocenters. The molecule has 0 saturated carbocycles. The smallest absolute Gasteiger partial charge is 0.231 e. The van der Waals surface area contributed by atoms with E-state index in [1.54, 1.807) is 0 Å². The van der Waals surface area contributed by atoms with E-state index in [-0.39, 0.29) is 17.7 Å². The molecule has 0 radical (unpaired) electrons. The topological polar surface area (TPSA) is 20.3 Å². The molecule has 2 aromatic rings. The minimum atomic E-state index is -0.107. The first-order chi connectivity index (χ1) is 11.8. The van der Waals surface area contributed by atoms with E-state index in [0.717, 1.165) is 24.9 Å². The summed E-state index contributed by atoms with van der Waals surface area (Å²) in [7, 11) is 0. The number of allylic oxidation sites excluding steroid dienone is 2. The molecule has 0 aromatic heterocycles. The highest BCUT2D eigenvalue weighted by Gasteiger charge is 2.30. The summed E-state index contributed by atoms with van der Waals surface area (Å²) in [6.07, 6.45) is 6.50. The van der Waals surface area contributed by atoms with Crippen molar-refractivity contribution in [2.45, 2.75) is 32.2 Å². The van der Waals surface area contributed by atoms with Crippen molar-refractivity contribution < 1.29 is 4.79 Å². The van der Waals surface area contributed by atoms with Crippen LogP contribution in [0.1, 0.15) is 36.8 Å². The maximum atomic E-state index is 13.4. The van der Waals surface area contributed by atoms with Crippen LogP contribution in [0.5, 0.6) is 0 Å². The van der Waals surface area contributed by atoms with Crippen molar-refractivity contribution in [3.05, 3.63) is 83.9 Å². The fraction of sp³-hybridized carbons (Fsp3) is 0.318. The van der Waals surface area contributed by atoms with Gasteiger partial charge in [-0.15, -0.1) is 0 Å². The lowest BCUT2D eigenvalue weighted by atomic mass is 9.85. The SMILES string of the molecule is C[C@H]1/C=C/CCCN(Cc2ccccc2)C(=O)[C@H]1c1ccccc1. The summed E-state index contributed by atoms with van der Waals surface area (Å²) in [4.78, 5) is 15.4. The van der Waals surface area contributed by atoms with E-state index >= 15 is 0 Å². The number of carbonyl (C=O) groups excluding carboxylic acids is 1. The number of benzene rings is 2. The second-order valence-corrected chi connectivity index (χ2v) is 6.56. The minimum Gasteiger partial charge on any atom is -0.338 e. The van der Waals surface area contributed by atoms with Crippen molar-refractivity contribution >= 4 is 5.91 Å². The van der Waals surface area contributed by atoms with Crippen LogP contribution in [0, 0.1) is 5.92 Å². The first-order valence-corrected chi connectivity index (χ1v) is 8.80. The Balaban J connectivity index is 1.90.